The molecule has 6 heteroatoms. The number of nitrogens with zero attached hydrogens (tertiary/aromatic N) is 2. The molecular weight excluding hydrogens is 246 g/mol. The fourth-order valence-electron chi connectivity index (χ4n) is 2.95. The zero-order valence-electron chi connectivity index (χ0n) is 11.1. The van der Waals surface area contributed by atoms with Crippen LogP contribution < -0.4 is 15.0 Å². The number of benzene rings is 1. The second kappa shape index (κ2) is 4.09. The average molecular weight is 263 g/mol. The van der Waals surface area contributed by atoms with Crippen LogP contribution in [0.4, 0.5) is 11.4 Å². The molecular formula is C13H17N3O3. The van der Waals surface area contributed by atoms with Crippen LogP contribution in [0.1, 0.15) is 12.5 Å². The number of hydrogen-bond donors (Lipinski definition) is 1. The molecule has 2 aliphatic heterocycles. The van der Waals surface area contributed by atoms with Crippen molar-refractivity contribution in [2.45, 2.75) is 19.4 Å². The molecule has 1 saturated heterocycles. The lowest BCUT2D eigenvalue weighted by molar-refractivity contribution is -0.385. The van der Waals surface area contributed by atoms with Gasteiger partial charge in [0, 0.05) is 25.7 Å². The maximum atomic E-state index is 10.9. The molecule has 1 aromatic carbocycles. The predicted octanol–water partition coefficient (Wildman–Crippen LogP) is 1.46. The summed E-state index contributed by atoms with van der Waals surface area (Å²) in [5, 5.41) is 14.3. The maximum absolute atomic E-state index is 10.9. The molecule has 19 heavy (non-hydrogen) atoms. The van der Waals surface area contributed by atoms with Crippen molar-refractivity contribution in [2.24, 2.45) is 0 Å². The normalized spacial score (nSPS) is 25.3. The molecule has 1 fully saturated rings. The number of nitro benzene ring substituents is 1. The van der Waals surface area contributed by atoms with Crippen LogP contribution in [0.3, 0.4) is 0 Å². The van der Waals surface area contributed by atoms with Crippen LogP contribution in [-0.2, 0) is 0 Å². The highest BCUT2D eigenvalue weighted by Crippen LogP contribution is 2.43. The molecule has 1 atom stereocenters. The van der Waals surface area contributed by atoms with E-state index in [1.165, 1.54) is 6.07 Å². The minimum absolute atomic E-state index is 0.0772. The Bertz CT molecular complexity index is 546. The lowest BCUT2D eigenvalue weighted by atomic mass is 9.94. The smallest absolute Gasteiger partial charge is 0.273 e. The Balaban J connectivity index is 2.10. The third-order valence-electron chi connectivity index (χ3n) is 3.94. The van der Waals surface area contributed by atoms with E-state index in [0.29, 0.717) is 12.4 Å². The lowest BCUT2D eigenvalue weighted by Crippen LogP contribution is -2.64. The number of piperazine rings is 1. The average Bonchev–Trinajstić information content (AvgIpc) is 2.37. The summed E-state index contributed by atoms with van der Waals surface area (Å²) in [5.74, 6) is 0.631. The minimum Gasteiger partial charge on any atom is -0.489 e. The molecule has 1 aromatic rings. The van der Waals surface area contributed by atoms with Crippen molar-refractivity contribution in [2.75, 3.05) is 31.1 Å². The number of fused-ring (bicyclic) bond motifs is 3. The third-order valence-corrected chi connectivity index (χ3v) is 3.94. The van der Waals surface area contributed by atoms with Gasteiger partial charge in [-0.25, -0.2) is 0 Å². The van der Waals surface area contributed by atoms with Gasteiger partial charge in [-0.15, -0.1) is 0 Å². The van der Waals surface area contributed by atoms with Gasteiger partial charge in [0.05, 0.1) is 22.2 Å². The molecule has 2 heterocycles. The molecule has 0 aliphatic carbocycles. The number of rotatable bonds is 1. The summed E-state index contributed by atoms with van der Waals surface area (Å²) in [7, 11) is 0. The summed E-state index contributed by atoms with van der Waals surface area (Å²) in [5.41, 5.74) is 1.92. The lowest BCUT2D eigenvalue weighted by Gasteiger charge is -2.50. The van der Waals surface area contributed by atoms with E-state index in [9.17, 15) is 10.1 Å². The largest absolute Gasteiger partial charge is 0.489 e. The Kier molecular flexibility index (Phi) is 2.63. The van der Waals surface area contributed by atoms with E-state index in [1.54, 1.807) is 6.07 Å². The van der Waals surface area contributed by atoms with E-state index in [0.717, 1.165) is 30.9 Å². The molecule has 0 spiro atoms. The molecule has 0 amide bonds. The Morgan fingerprint density at radius 3 is 3.05 bits per heavy atom. The van der Waals surface area contributed by atoms with Gasteiger partial charge in [-0.3, -0.25) is 10.1 Å². The van der Waals surface area contributed by atoms with Crippen molar-refractivity contribution in [1.29, 1.82) is 0 Å². The molecule has 0 radical (unpaired) electrons. The van der Waals surface area contributed by atoms with E-state index < -0.39 is 0 Å². The highest BCUT2D eigenvalue weighted by Gasteiger charge is 2.41. The summed E-state index contributed by atoms with van der Waals surface area (Å²) < 4.78 is 5.78. The summed E-state index contributed by atoms with van der Waals surface area (Å²) in [6.45, 7) is 7.29. The van der Waals surface area contributed by atoms with Gasteiger partial charge in [0.1, 0.15) is 12.4 Å². The molecule has 6 nitrogen and oxygen atoms in total. The topological polar surface area (TPSA) is 67.6 Å². The van der Waals surface area contributed by atoms with Gasteiger partial charge in [0.25, 0.3) is 5.69 Å². The highest BCUT2D eigenvalue weighted by atomic mass is 16.6. The molecule has 0 aromatic heterocycles. The van der Waals surface area contributed by atoms with Gasteiger partial charge in [-0.05, 0) is 19.4 Å². The molecule has 2 aliphatic rings. The zero-order chi connectivity index (χ0) is 13.6. The van der Waals surface area contributed by atoms with Crippen molar-refractivity contribution >= 4 is 11.4 Å². The van der Waals surface area contributed by atoms with E-state index in [2.05, 4.69) is 17.1 Å². The second-order valence-corrected chi connectivity index (χ2v) is 5.48. The quantitative estimate of drug-likeness (QED) is 0.613. The van der Waals surface area contributed by atoms with Crippen LogP contribution in [0.5, 0.6) is 5.75 Å². The Morgan fingerprint density at radius 1 is 1.53 bits per heavy atom. The number of non-ortho nitro benzene ring substituents is 1. The molecule has 0 saturated carbocycles. The number of nitrogens with one attached hydrogen (secondary N) is 1. The van der Waals surface area contributed by atoms with Gasteiger partial charge in [0.15, 0.2) is 0 Å². The number of hydrogen-bond acceptors (Lipinski definition) is 5. The molecule has 0 bridgehead atoms. The SMILES string of the molecule is Cc1cc([N+](=O)[O-])cc2c1N1CCNC[C@@]1(C)CO2. The van der Waals surface area contributed by atoms with E-state index >= 15 is 0 Å². The maximum Gasteiger partial charge on any atom is 0.273 e. The van der Waals surface area contributed by atoms with Gasteiger partial charge < -0.3 is 15.0 Å². The Labute approximate surface area is 111 Å². The van der Waals surface area contributed by atoms with Crippen LogP contribution in [0.15, 0.2) is 12.1 Å². The summed E-state index contributed by atoms with van der Waals surface area (Å²) in [4.78, 5) is 12.9. The van der Waals surface area contributed by atoms with Crippen LogP contribution in [0.25, 0.3) is 0 Å². The number of nitro groups is 1. The van der Waals surface area contributed by atoms with Crippen molar-refractivity contribution in [1.82, 2.24) is 5.32 Å². The van der Waals surface area contributed by atoms with Gasteiger partial charge >= 0.3 is 0 Å². The monoisotopic (exact) mass is 263 g/mol. The Morgan fingerprint density at radius 2 is 2.32 bits per heavy atom. The van der Waals surface area contributed by atoms with Crippen molar-refractivity contribution in [3.8, 4) is 5.75 Å². The van der Waals surface area contributed by atoms with Crippen molar-refractivity contribution in [3.63, 3.8) is 0 Å². The molecule has 1 N–H and O–H groups in total. The van der Waals surface area contributed by atoms with Crippen LogP contribution >= 0.6 is 0 Å². The van der Waals surface area contributed by atoms with Crippen molar-refractivity contribution < 1.29 is 9.66 Å². The summed E-state index contributed by atoms with van der Waals surface area (Å²) in [6, 6.07) is 3.15. The van der Waals surface area contributed by atoms with E-state index in [-0.39, 0.29) is 16.1 Å². The van der Waals surface area contributed by atoms with Crippen LogP contribution in [0, 0.1) is 17.0 Å². The molecule has 3 rings (SSSR count). The summed E-state index contributed by atoms with van der Waals surface area (Å²) >= 11 is 0. The molecule has 102 valence electrons. The van der Waals surface area contributed by atoms with Crippen LogP contribution in [0.2, 0.25) is 0 Å². The first-order valence-electron chi connectivity index (χ1n) is 6.41. The number of ether oxygens (including phenoxy) is 1. The number of anilines is 1. The standard InChI is InChI=1S/C13H17N3O3/c1-9-5-10(16(17)18)6-11-12(9)15-4-3-14-7-13(15,2)8-19-11/h5-6,14H,3-4,7-8H2,1-2H3/t13-/m0/s1. The fourth-order valence-corrected chi connectivity index (χ4v) is 2.95. The minimum atomic E-state index is -0.373. The first-order valence-corrected chi connectivity index (χ1v) is 6.41. The van der Waals surface area contributed by atoms with Crippen molar-refractivity contribution in [3.05, 3.63) is 27.8 Å². The first kappa shape index (κ1) is 12.2. The Hall–Kier alpha value is -1.82. The fraction of sp³-hybridized carbons (Fsp3) is 0.538. The second-order valence-electron chi connectivity index (χ2n) is 5.48. The highest BCUT2D eigenvalue weighted by molar-refractivity contribution is 5.70. The summed E-state index contributed by atoms with van der Waals surface area (Å²) in [6.07, 6.45) is 0. The zero-order valence-corrected chi connectivity index (χ0v) is 11.1. The number of aryl methyl sites for hydroxylation is 1. The van der Waals surface area contributed by atoms with Gasteiger partial charge in [0.2, 0.25) is 0 Å². The van der Waals surface area contributed by atoms with Crippen LogP contribution in [-0.4, -0.2) is 36.7 Å². The first-order chi connectivity index (χ1) is 9.01. The third kappa shape index (κ3) is 1.83. The molecule has 0 unspecified atom stereocenters. The predicted molar refractivity (Wildman–Crippen MR) is 71.9 cm³/mol. The van der Waals surface area contributed by atoms with Gasteiger partial charge in [-0.2, -0.15) is 0 Å². The van der Waals surface area contributed by atoms with Gasteiger partial charge in [-0.1, -0.05) is 0 Å². The van der Waals surface area contributed by atoms with E-state index in [1.807, 2.05) is 6.92 Å². The van der Waals surface area contributed by atoms with E-state index in [4.69, 9.17) is 4.74 Å².